The van der Waals surface area contributed by atoms with Crippen LogP contribution in [-0.2, 0) is 6.54 Å². The van der Waals surface area contributed by atoms with Gasteiger partial charge in [0.05, 0.1) is 6.54 Å². The van der Waals surface area contributed by atoms with E-state index in [1.54, 1.807) is 24.5 Å². The smallest absolute Gasteiger partial charge is 0.295 e. The van der Waals surface area contributed by atoms with E-state index in [-0.39, 0.29) is 0 Å². The van der Waals surface area contributed by atoms with Crippen LogP contribution in [0.3, 0.4) is 0 Å². The molecule has 104 valence electrons. The zero-order valence-corrected chi connectivity index (χ0v) is 11.3. The van der Waals surface area contributed by atoms with E-state index in [9.17, 15) is 4.79 Å². The van der Waals surface area contributed by atoms with E-state index >= 15 is 0 Å². The summed E-state index contributed by atoms with van der Waals surface area (Å²) in [6, 6.07) is 13.3. The zero-order valence-electron chi connectivity index (χ0n) is 11.3. The normalized spacial score (nSPS) is 10.5. The summed E-state index contributed by atoms with van der Waals surface area (Å²) in [5, 5.41) is 3.84. The molecule has 0 unspecified atom stereocenters. The predicted octanol–water partition coefficient (Wildman–Crippen LogP) is 2.61. The lowest BCUT2D eigenvalue weighted by Gasteiger charge is -2.07. The fourth-order valence-electron chi connectivity index (χ4n) is 2.07. The van der Waals surface area contributed by atoms with Crippen molar-refractivity contribution in [3.05, 3.63) is 77.6 Å². The molecule has 0 aliphatic heterocycles. The number of benzene rings is 1. The summed E-state index contributed by atoms with van der Waals surface area (Å²) in [7, 11) is 0. The Morgan fingerprint density at radius 3 is 2.57 bits per heavy atom. The Bertz CT molecular complexity index is 804. The van der Waals surface area contributed by atoms with Gasteiger partial charge in [-0.15, -0.1) is 0 Å². The first-order valence-corrected chi connectivity index (χ1v) is 6.46. The van der Waals surface area contributed by atoms with Crippen molar-refractivity contribution in [2.24, 2.45) is 0 Å². The van der Waals surface area contributed by atoms with Gasteiger partial charge in [-0.25, -0.2) is 4.79 Å². The van der Waals surface area contributed by atoms with Gasteiger partial charge in [-0.05, 0) is 23.3 Å². The Balaban J connectivity index is 1.95. The van der Waals surface area contributed by atoms with Gasteiger partial charge in [-0.2, -0.15) is 0 Å². The maximum absolute atomic E-state index is 11.9. The van der Waals surface area contributed by atoms with E-state index in [4.69, 9.17) is 4.52 Å². The summed E-state index contributed by atoms with van der Waals surface area (Å²) in [6.45, 7) is 4.36. The molecule has 0 fully saturated rings. The molecule has 0 saturated heterocycles. The Kier molecular flexibility index (Phi) is 3.47. The fourth-order valence-corrected chi connectivity index (χ4v) is 2.07. The highest BCUT2D eigenvalue weighted by Gasteiger charge is 2.13. The predicted molar refractivity (Wildman–Crippen MR) is 79.5 cm³/mol. The minimum Gasteiger partial charge on any atom is -0.295 e. The average Bonchev–Trinajstić information content (AvgIpc) is 2.90. The Labute approximate surface area is 121 Å². The summed E-state index contributed by atoms with van der Waals surface area (Å²) in [6.07, 6.45) is 3.29. The van der Waals surface area contributed by atoms with Crippen LogP contribution in [0, 0.1) is 0 Å². The van der Waals surface area contributed by atoms with E-state index in [1.165, 1.54) is 4.57 Å². The van der Waals surface area contributed by atoms with Crippen molar-refractivity contribution in [3.63, 3.8) is 0 Å². The summed E-state index contributed by atoms with van der Waals surface area (Å²) in [4.78, 5) is 15.8. The van der Waals surface area contributed by atoms with Crippen LogP contribution < -0.4 is 5.76 Å². The number of rotatable bonds is 4. The molecular formula is C16H13N3O2. The van der Waals surface area contributed by atoms with Crippen LogP contribution in [-0.4, -0.2) is 14.7 Å². The first kappa shape index (κ1) is 13.1. The van der Waals surface area contributed by atoms with Crippen molar-refractivity contribution >= 4 is 5.57 Å². The molecule has 0 radical (unpaired) electrons. The van der Waals surface area contributed by atoms with Crippen molar-refractivity contribution in [1.29, 1.82) is 0 Å². The highest BCUT2D eigenvalue weighted by atomic mass is 16.5. The Morgan fingerprint density at radius 2 is 1.86 bits per heavy atom. The third-order valence-corrected chi connectivity index (χ3v) is 3.16. The molecule has 0 amide bonds. The molecule has 2 aromatic heterocycles. The molecule has 3 rings (SSSR count). The molecule has 0 bridgehead atoms. The van der Waals surface area contributed by atoms with E-state index in [2.05, 4.69) is 16.7 Å². The van der Waals surface area contributed by atoms with Crippen LogP contribution in [0.15, 0.2) is 70.8 Å². The van der Waals surface area contributed by atoms with Crippen LogP contribution in [0.4, 0.5) is 0 Å². The average molecular weight is 279 g/mol. The van der Waals surface area contributed by atoms with Gasteiger partial charge in [0.1, 0.15) is 0 Å². The highest BCUT2D eigenvalue weighted by molar-refractivity contribution is 5.64. The van der Waals surface area contributed by atoms with E-state index in [1.807, 2.05) is 30.3 Å². The van der Waals surface area contributed by atoms with Crippen LogP contribution in [0.25, 0.3) is 17.0 Å². The number of aromatic nitrogens is 3. The molecule has 3 aromatic rings. The lowest BCUT2D eigenvalue weighted by molar-refractivity contribution is 0.379. The van der Waals surface area contributed by atoms with Crippen LogP contribution in [0.5, 0.6) is 0 Å². The minimum atomic E-state index is -0.501. The first-order valence-electron chi connectivity index (χ1n) is 6.46. The minimum absolute atomic E-state index is 0.323. The molecule has 0 aliphatic carbocycles. The monoisotopic (exact) mass is 279 g/mol. The molecule has 2 heterocycles. The highest BCUT2D eigenvalue weighted by Crippen LogP contribution is 2.18. The van der Waals surface area contributed by atoms with E-state index in [0.29, 0.717) is 12.4 Å². The largest absolute Gasteiger partial charge is 0.442 e. The standard InChI is InChI=1S/C16H13N3O2/c1-12(13-5-3-2-4-6-13)11-19-15(18-21-16(19)20)14-7-9-17-10-8-14/h2-10H,1,11H2. The molecular weight excluding hydrogens is 266 g/mol. The maximum atomic E-state index is 11.9. The molecule has 5 heteroatoms. The van der Waals surface area contributed by atoms with Gasteiger partial charge in [0.15, 0.2) is 5.82 Å². The van der Waals surface area contributed by atoms with Gasteiger partial charge in [0, 0.05) is 18.0 Å². The summed E-state index contributed by atoms with van der Waals surface area (Å²) < 4.78 is 6.25. The van der Waals surface area contributed by atoms with Crippen molar-refractivity contribution < 1.29 is 4.52 Å². The second-order valence-corrected chi connectivity index (χ2v) is 4.56. The molecule has 1 aromatic carbocycles. The molecule has 0 saturated carbocycles. The Hall–Kier alpha value is -2.95. The van der Waals surface area contributed by atoms with Crippen molar-refractivity contribution in [2.45, 2.75) is 6.54 Å². The molecule has 0 spiro atoms. The summed E-state index contributed by atoms with van der Waals surface area (Å²) in [5.41, 5.74) is 2.57. The SMILES string of the molecule is C=C(Cn1c(-c2ccncc2)noc1=O)c1ccccc1. The lowest BCUT2D eigenvalue weighted by Crippen LogP contribution is -2.16. The molecule has 0 N–H and O–H groups in total. The third kappa shape index (κ3) is 2.67. The van der Waals surface area contributed by atoms with Gasteiger partial charge in [0.25, 0.3) is 0 Å². The topological polar surface area (TPSA) is 60.9 Å². The second-order valence-electron chi connectivity index (χ2n) is 4.56. The van der Waals surface area contributed by atoms with Crippen molar-refractivity contribution in [3.8, 4) is 11.4 Å². The van der Waals surface area contributed by atoms with Crippen molar-refractivity contribution in [1.82, 2.24) is 14.7 Å². The third-order valence-electron chi connectivity index (χ3n) is 3.16. The van der Waals surface area contributed by atoms with Crippen LogP contribution >= 0.6 is 0 Å². The fraction of sp³-hybridized carbons (Fsp3) is 0.0625. The number of hydrogen-bond donors (Lipinski definition) is 0. The summed E-state index contributed by atoms with van der Waals surface area (Å²) >= 11 is 0. The van der Waals surface area contributed by atoms with Gasteiger partial charge in [-0.1, -0.05) is 42.1 Å². The van der Waals surface area contributed by atoms with Gasteiger partial charge < -0.3 is 0 Å². The number of allylic oxidation sites excluding steroid dienone is 1. The van der Waals surface area contributed by atoms with Gasteiger partial charge in [-0.3, -0.25) is 14.1 Å². The number of pyridine rings is 1. The molecule has 0 aliphatic rings. The van der Waals surface area contributed by atoms with Gasteiger partial charge >= 0.3 is 5.76 Å². The Morgan fingerprint density at radius 1 is 1.14 bits per heavy atom. The van der Waals surface area contributed by atoms with Crippen LogP contribution in [0.2, 0.25) is 0 Å². The number of nitrogens with zero attached hydrogens (tertiary/aromatic N) is 3. The zero-order chi connectivity index (χ0) is 14.7. The second kappa shape index (κ2) is 5.58. The first-order chi connectivity index (χ1) is 10.3. The quantitative estimate of drug-likeness (QED) is 0.736. The number of hydrogen-bond acceptors (Lipinski definition) is 4. The molecule has 0 atom stereocenters. The van der Waals surface area contributed by atoms with Crippen LogP contribution in [0.1, 0.15) is 5.56 Å². The van der Waals surface area contributed by atoms with E-state index < -0.39 is 5.76 Å². The molecule has 5 nitrogen and oxygen atoms in total. The van der Waals surface area contributed by atoms with Crippen molar-refractivity contribution in [2.75, 3.05) is 0 Å². The summed E-state index contributed by atoms with van der Waals surface area (Å²) in [5.74, 6) is -0.0293. The lowest BCUT2D eigenvalue weighted by atomic mass is 10.1. The maximum Gasteiger partial charge on any atom is 0.442 e. The van der Waals surface area contributed by atoms with Gasteiger partial charge in [0.2, 0.25) is 0 Å². The molecule has 21 heavy (non-hydrogen) atoms. The van der Waals surface area contributed by atoms with E-state index in [0.717, 1.165) is 16.7 Å².